The Balaban J connectivity index is 0.00000400. The number of aromatic nitrogens is 2. The van der Waals surface area contributed by atoms with Crippen molar-refractivity contribution < 1.29 is 19.0 Å². The highest BCUT2D eigenvalue weighted by Gasteiger charge is 2.22. The van der Waals surface area contributed by atoms with E-state index in [0.29, 0.717) is 41.7 Å². The first-order valence-electron chi connectivity index (χ1n) is 12.7. The maximum Gasteiger partial charge on any atom is 0.308 e. The van der Waals surface area contributed by atoms with Crippen molar-refractivity contribution in [2.75, 3.05) is 45.1 Å². The average Bonchev–Trinajstić information content (AvgIpc) is 2.89. The van der Waals surface area contributed by atoms with Crippen LogP contribution in [0.2, 0.25) is 0 Å². The minimum absolute atomic E-state index is 0. The van der Waals surface area contributed by atoms with Crippen molar-refractivity contribution in [3.63, 3.8) is 0 Å². The van der Waals surface area contributed by atoms with E-state index < -0.39 is 5.97 Å². The Hall–Kier alpha value is -3.59. The van der Waals surface area contributed by atoms with Crippen LogP contribution in [0.25, 0.3) is 10.9 Å². The molecule has 1 heterocycles. The van der Waals surface area contributed by atoms with Gasteiger partial charge in [-0.2, -0.15) is 4.98 Å². The van der Waals surface area contributed by atoms with Crippen molar-refractivity contribution >= 4 is 28.6 Å². The molecule has 2 aromatic carbocycles. The molecule has 0 bridgehead atoms. The van der Waals surface area contributed by atoms with Gasteiger partial charge < -0.3 is 29.7 Å². The standard InChI is InChI=1S/C28H37N5O4.CH4/c1-18(34)37-26-24(35-4)14-20(15-25(26)36-5)17-29-16-19-10-12-21(13-11-19)30-28-31-23-9-7-6-8-22(23)27(32-28)33(2)3;/h6-9,14-15,19,21,29H,10-13,16-17H2,1-5H3,(H,30,31,32);1H4. The molecule has 9 nitrogen and oxygen atoms in total. The third kappa shape index (κ3) is 7.04. The number of hydrogen-bond acceptors (Lipinski definition) is 9. The molecule has 0 aliphatic heterocycles. The van der Waals surface area contributed by atoms with Gasteiger partial charge in [-0.25, -0.2) is 4.98 Å². The van der Waals surface area contributed by atoms with Crippen LogP contribution in [0.5, 0.6) is 17.2 Å². The van der Waals surface area contributed by atoms with Crippen molar-refractivity contribution in [2.45, 2.75) is 52.6 Å². The van der Waals surface area contributed by atoms with Crippen LogP contribution in [-0.4, -0.2) is 56.8 Å². The summed E-state index contributed by atoms with van der Waals surface area (Å²) in [5.74, 6) is 3.08. The summed E-state index contributed by atoms with van der Waals surface area (Å²) >= 11 is 0. The van der Waals surface area contributed by atoms with Crippen LogP contribution < -0.4 is 29.7 Å². The van der Waals surface area contributed by atoms with Crippen LogP contribution in [0.15, 0.2) is 36.4 Å². The monoisotopic (exact) mass is 523 g/mol. The third-order valence-corrected chi connectivity index (χ3v) is 6.72. The van der Waals surface area contributed by atoms with Crippen LogP contribution in [0.4, 0.5) is 11.8 Å². The molecule has 4 rings (SSSR count). The topological polar surface area (TPSA) is 97.8 Å². The van der Waals surface area contributed by atoms with E-state index in [-0.39, 0.29) is 7.43 Å². The number of esters is 1. The van der Waals surface area contributed by atoms with Gasteiger partial charge in [0.05, 0.1) is 19.7 Å². The van der Waals surface area contributed by atoms with E-state index in [1.54, 1.807) is 14.2 Å². The zero-order chi connectivity index (χ0) is 26.4. The summed E-state index contributed by atoms with van der Waals surface area (Å²) in [6.45, 7) is 2.96. The molecule has 1 fully saturated rings. The van der Waals surface area contributed by atoms with Crippen LogP contribution in [-0.2, 0) is 11.3 Å². The maximum atomic E-state index is 11.4. The van der Waals surface area contributed by atoms with Gasteiger partial charge in [-0.05, 0) is 68.0 Å². The molecular weight excluding hydrogens is 482 g/mol. The number of carbonyl (C=O) groups excluding carboxylic acids is 1. The number of hydrogen-bond donors (Lipinski definition) is 2. The second-order valence-electron chi connectivity index (χ2n) is 9.70. The zero-order valence-corrected chi connectivity index (χ0v) is 22.3. The Morgan fingerprint density at radius 1 is 1.03 bits per heavy atom. The normalized spacial score (nSPS) is 16.9. The molecule has 0 spiro atoms. The first-order valence-corrected chi connectivity index (χ1v) is 12.7. The number of anilines is 2. The van der Waals surface area contributed by atoms with Crippen molar-refractivity contribution in [1.29, 1.82) is 0 Å². The van der Waals surface area contributed by atoms with Crippen LogP contribution in [0.1, 0.15) is 45.6 Å². The molecule has 0 amide bonds. The summed E-state index contributed by atoms with van der Waals surface area (Å²) in [4.78, 5) is 23.0. The number of ether oxygens (including phenoxy) is 3. The number of para-hydroxylation sites is 1. The fourth-order valence-corrected chi connectivity index (χ4v) is 4.86. The molecular formula is C29H41N5O4. The highest BCUT2D eigenvalue weighted by atomic mass is 16.6. The van der Waals surface area contributed by atoms with E-state index in [2.05, 4.69) is 16.7 Å². The number of nitrogens with one attached hydrogen (secondary N) is 2. The number of methoxy groups -OCH3 is 2. The van der Waals surface area contributed by atoms with E-state index in [9.17, 15) is 4.79 Å². The molecule has 0 unspecified atom stereocenters. The number of carbonyl (C=O) groups is 1. The number of rotatable bonds is 10. The predicted molar refractivity (Wildman–Crippen MR) is 153 cm³/mol. The van der Waals surface area contributed by atoms with E-state index >= 15 is 0 Å². The zero-order valence-electron chi connectivity index (χ0n) is 22.3. The summed E-state index contributed by atoms with van der Waals surface area (Å²) < 4.78 is 16.1. The minimum atomic E-state index is -0.419. The maximum absolute atomic E-state index is 11.4. The van der Waals surface area contributed by atoms with Crippen molar-refractivity contribution in [3.05, 3.63) is 42.0 Å². The predicted octanol–water partition coefficient (Wildman–Crippen LogP) is 5.03. The quantitative estimate of drug-likeness (QED) is 0.280. The molecule has 0 saturated heterocycles. The molecule has 1 saturated carbocycles. The molecule has 206 valence electrons. The van der Waals surface area contributed by atoms with E-state index in [4.69, 9.17) is 24.2 Å². The van der Waals surface area contributed by atoms with Gasteiger partial charge in [-0.1, -0.05) is 19.6 Å². The van der Waals surface area contributed by atoms with E-state index in [0.717, 1.165) is 54.5 Å². The second-order valence-corrected chi connectivity index (χ2v) is 9.70. The molecule has 9 heteroatoms. The van der Waals surface area contributed by atoms with Crippen molar-refractivity contribution in [1.82, 2.24) is 15.3 Å². The van der Waals surface area contributed by atoms with Gasteiger partial charge in [-0.15, -0.1) is 0 Å². The Bertz CT molecular complexity index is 1200. The summed E-state index contributed by atoms with van der Waals surface area (Å²) in [7, 11) is 7.12. The number of fused-ring (bicyclic) bond motifs is 1. The summed E-state index contributed by atoms with van der Waals surface area (Å²) in [6, 6.07) is 12.2. The first-order chi connectivity index (χ1) is 17.9. The minimum Gasteiger partial charge on any atom is -0.493 e. The van der Waals surface area contributed by atoms with E-state index in [1.807, 2.05) is 49.3 Å². The third-order valence-electron chi connectivity index (χ3n) is 6.72. The molecule has 0 radical (unpaired) electrons. The van der Waals surface area contributed by atoms with Gasteiger partial charge in [0.1, 0.15) is 5.82 Å². The lowest BCUT2D eigenvalue weighted by Gasteiger charge is -2.29. The first kappa shape index (κ1) is 29.0. The molecule has 3 aromatic rings. The van der Waals surface area contributed by atoms with Gasteiger partial charge in [0.25, 0.3) is 0 Å². The lowest BCUT2D eigenvalue weighted by atomic mass is 9.86. The van der Waals surface area contributed by atoms with Gasteiger partial charge in [0.15, 0.2) is 11.5 Å². The summed E-state index contributed by atoms with van der Waals surface area (Å²) in [5, 5.41) is 8.21. The van der Waals surface area contributed by atoms with Crippen molar-refractivity contribution in [3.8, 4) is 17.2 Å². The Morgan fingerprint density at radius 3 is 2.29 bits per heavy atom. The number of nitrogens with zero attached hydrogens (tertiary/aromatic N) is 3. The molecule has 1 aliphatic carbocycles. The Morgan fingerprint density at radius 2 is 1.68 bits per heavy atom. The van der Waals surface area contributed by atoms with Crippen LogP contribution >= 0.6 is 0 Å². The van der Waals surface area contributed by atoms with Crippen LogP contribution in [0, 0.1) is 5.92 Å². The van der Waals surface area contributed by atoms with Gasteiger partial charge >= 0.3 is 5.97 Å². The van der Waals surface area contributed by atoms with Gasteiger partial charge in [0, 0.05) is 39.0 Å². The van der Waals surface area contributed by atoms with E-state index in [1.165, 1.54) is 6.92 Å². The largest absolute Gasteiger partial charge is 0.493 e. The average molecular weight is 524 g/mol. The van der Waals surface area contributed by atoms with Crippen molar-refractivity contribution in [2.24, 2.45) is 5.92 Å². The molecule has 0 atom stereocenters. The lowest BCUT2D eigenvalue weighted by Crippen LogP contribution is -2.31. The fraction of sp³-hybridized carbons (Fsp3) is 0.483. The highest BCUT2D eigenvalue weighted by molar-refractivity contribution is 5.90. The molecule has 38 heavy (non-hydrogen) atoms. The molecule has 1 aromatic heterocycles. The Labute approximate surface area is 225 Å². The number of benzene rings is 2. The molecule has 1 aliphatic rings. The van der Waals surface area contributed by atoms with Gasteiger partial charge in [-0.3, -0.25) is 4.79 Å². The smallest absolute Gasteiger partial charge is 0.308 e. The fourth-order valence-electron chi connectivity index (χ4n) is 4.86. The lowest BCUT2D eigenvalue weighted by molar-refractivity contribution is -0.132. The Kier molecular flexibility index (Phi) is 10.1. The van der Waals surface area contributed by atoms with Gasteiger partial charge in [0.2, 0.25) is 11.7 Å². The SMILES string of the molecule is C.COc1cc(CNCC2CCC(Nc3nc(N(C)C)c4ccccc4n3)CC2)cc(OC)c1OC(C)=O. The summed E-state index contributed by atoms with van der Waals surface area (Å²) in [6.07, 6.45) is 4.44. The highest BCUT2D eigenvalue weighted by Crippen LogP contribution is 2.38. The molecule has 2 N–H and O–H groups in total. The summed E-state index contributed by atoms with van der Waals surface area (Å²) in [5.41, 5.74) is 1.96. The second kappa shape index (κ2) is 13.3. The van der Waals surface area contributed by atoms with Crippen LogP contribution in [0.3, 0.4) is 0 Å².